The summed E-state index contributed by atoms with van der Waals surface area (Å²) in [6, 6.07) is 8.70. The van der Waals surface area contributed by atoms with Crippen LogP contribution in [0.3, 0.4) is 0 Å². The van der Waals surface area contributed by atoms with E-state index in [0.717, 1.165) is 23.2 Å². The Morgan fingerprint density at radius 3 is 2.94 bits per heavy atom. The standard InChI is InChI=1S/C13H16N2O/c1-2-6-10(5-1)14-9-12-11-7-3-4-8-13(11)16-15-12/h3-4,7-8,10,14H,1-2,5-6,9H2. The molecule has 16 heavy (non-hydrogen) atoms. The molecular formula is C13H16N2O. The maximum Gasteiger partial charge on any atom is 0.167 e. The van der Waals surface area contributed by atoms with Gasteiger partial charge in [-0.1, -0.05) is 30.1 Å². The Kier molecular flexibility index (Phi) is 2.62. The lowest BCUT2D eigenvalue weighted by atomic mass is 10.2. The van der Waals surface area contributed by atoms with Crippen LogP contribution in [0.15, 0.2) is 28.8 Å². The zero-order valence-corrected chi connectivity index (χ0v) is 9.28. The molecule has 0 aliphatic heterocycles. The molecule has 84 valence electrons. The Hall–Kier alpha value is -1.35. The van der Waals surface area contributed by atoms with Crippen molar-refractivity contribution in [1.29, 1.82) is 0 Å². The molecule has 1 aromatic heterocycles. The van der Waals surface area contributed by atoms with E-state index < -0.39 is 0 Å². The number of fused-ring (bicyclic) bond motifs is 1. The van der Waals surface area contributed by atoms with Gasteiger partial charge in [-0.25, -0.2) is 0 Å². The summed E-state index contributed by atoms with van der Waals surface area (Å²) in [5, 5.41) is 8.80. The minimum absolute atomic E-state index is 0.676. The molecule has 1 aliphatic rings. The van der Waals surface area contributed by atoms with E-state index in [0.29, 0.717) is 6.04 Å². The fraction of sp³-hybridized carbons (Fsp3) is 0.462. The van der Waals surface area contributed by atoms with E-state index in [2.05, 4.69) is 16.5 Å². The molecule has 1 heterocycles. The second kappa shape index (κ2) is 4.26. The summed E-state index contributed by atoms with van der Waals surface area (Å²) in [5.74, 6) is 0. The second-order valence-electron chi connectivity index (χ2n) is 4.49. The fourth-order valence-corrected chi connectivity index (χ4v) is 2.44. The second-order valence-corrected chi connectivity index (χ2v) is 4.49. The first-order chi connectivity index (χ1) is 7.93. The van der Waals surface area contributed by atoms with Crippen molar-refractivity contribution in [2.75, 3.05) is 0 Å². The van der Waals surface area contributed by atoms with Gasteiger partial charge < -0.3 is 9.84 Å². The van der Waals surface area contributed by atoms with Crippen molar-refractivity contribution in [2.24, 2.45) is 0 Å². The molecule has 0 spiro atoms. The van der Waals surface area contributed by atoms with E-state index in [9.17, 15) is 0 Å². The molecule has 0 bridgehead atoms. The van der Waals surface area contributed by atoms with Gasteiger partial charge >= 0.3 is 0 Å². The molecule has 1 fully saturated rings. The molecule has 2 aromatic rings. The number of benzene rings is 1. The first-order valence-electron chi connectivity index (χ1n) is 6.00. The largest absolute Gasteiger partial charge is 0.356 e. The SMILES string of the molecule is c1ccc2c(CNC3CCCC3)noc2c1. The Bertz CT molecular complexity index is 471. The Morgan fingerprint density at radius 2 is 2.06 bits per heavy atom. The van der Waals surface area contributed by atoms with Gasteiger partial charge in [0.1, 0.15) is 5.69 Å². The van der Waals surface area contributed by atoms with Crippen LogP contribution in [-0.2, 0) is 6.54 Å². The average molecular weight is 216 g/mol. The van der Waals surface area contributed by atoms with Gasteiger partial charge in [0.05, 0.1) is 0 Å². The lowest BCUT2D eigenvalue weighted by Gasteiger charge is -2.09. The number of hydrogen-bond donors (Lipinski definition) is 1. The van der Waals surface area contributed by atoms with Gasteiger partial charge in [0.2, 0.25) is 0 Å². The van der Waals surface area contributed by atoms with Crippen LogP contribution in [0.1, 0.15) is 31.4 Å². The van der Waals surface area contributed by atoms with Gasteiger partial charge in [0, 0.05) is 18.0 Å². The van der Waals surface area contributed by atoms with Crippen molar-refractivity contribution in [3.63, 3.8) is 0 Å². The minimum Gasteiger partial charge on any atom is -0.356 e. The van der Waals surface area contributed by atoms with Gasteiger partial charge in [0.25, 0.3) is 0 Å². The van der Waals surface area contributed by atoms with Crippen LogP contribution in [0.5, 0.6) is 0 Å². The molecule has 3 nitrogen and oxygen atoms in total. The number of aromatic nitrogens is 1. The summed E-state index contributed by atoms with van der Waals surface area (Å²) in [4.78, 5) is 0. The smallest absolute Gasteiger partial charge is 0.167 e. The minimum atomic E-state index is 0.676. The maximum absolute atomic E-state index is 5.27. The zero-order valence-electron chi connectivity index (χ0n) is 9.28. The maximum atomic E-state index is 5.27. The average Bonchev–Trinajstić information content (AvgIpc) is 2.96. The number of nitrogens with zero attached hydrogens (tertiary/aromatic N) is 1. The first kappa shape index (κ1) is 9.85. The van der Waals surface area contributed by atoms with E-state index >= 15 is 0 Å². The summed E-state index contributed by atoms with van der Waals surface area (Å²) >= 11 is 0. The number of hydrogen-bond acceptors (Lipinski definition) is 3. The molecule has 0 saturated heterocycles. The lowest BCUT2D eigenvalue weighted by Crippen LogP contribution is -2.25. The van der Waals surface area contributed by atoms with E-state index in [-0.39, 0.29) is 0 Å². The monoisotopic (exact) mass is 216 g/mol. The third-order valence-electron chi connectivity index (χ3n) is 3.37. The predicted octanol–water partition coefficient (Wildman–Crippen LogP) is 2.86. The highest BCUT2D eigenvalue weighted by Crippen LogP contribution is 2.20. The van der Waals surface area contributed by atoms with Crippen LogP contribution >= 0.6 is 0 Å². The first-order valence-corrected chi connectivity index (χ1v) is 6.00. The quantitative estimate of drug-likeness (QED) is 0.857. The topological polar surface area (TPSA) is 38.1 Å². The molecule has 0 unspecified atom stereocenters. The molecule has 3 heteroatoms. The normalized spacial score (nSPS) is 17.2. The molecule has 0 amide bonds. The molecule has 3 rings (SSSR count). The van der Waals surface area contributed by atoms with Gasteiger partial charge in [-0.15, -0.1) is 0 Å². The van der Waals surface area contributed by atoms with Crippen LogP contribution in [-0.4, -0.2) is 11.2 Å². The van der Waals surface area contributed by atoms with E-state index in [1.165, 1.54) is 25.7 Å². The number of para-hydroxylation sites is 1. The molecule has 0 atom stereocenters. The Morgan fingerprint density at radius 1 is 1.25 bits per heavy atom. The third kappa shape index (κ3) is 1.83. The third-order valence-corrected chi connectivity index (χ3v) is 3.37. The molecule has 0 radical (unpaired) electrons. The lowest BCUT2D eigenvalue weighted by molar-refractivity contribution is 0.433. The van der Waals surface area contributed by atoms with Gasteiger partial charge in [-0.2, -0.15) is 0 Å². The summed E-state index contributed by atoms with van der Waals surface area (Å²) in [5.41, 5.74) is 1.91. The van der Waals surface area contributed by atoms with Crippen molar-refractivity contribution in [2.45, 2.75) is 38.3 Å². The van der Waals surface area contributed by atoms with Crippen molar-refractivity contribution >= 4 is 11.0 Å². The van der Waals surface area contributed by atoms with Crippen LogP contribution < -0.4 is 5.32 Å². The summed E-state index contributed by atoms with van der Waals surface area (Å²) in [6.45, 7) is 0.821. The summed E-state index contributed by atoms with van der Waals surface area (Å²) < 4.78 is 5.27. The predicted molar refractivity (Wildman–Crippen MR) is 63.1 cm³/mol. The van der Waals surface area contributed by atoms with E-state index in [1.54, 1.807) is 0 Å². The number of nitrogens with one attached hydrogen (secondary N) is 1. The van der Waals surface area contributed by atoms with Crippen LogP contribution in [0.2, 0.25) is 0 Å². The van der Waals surface area contributed by atoms with Crippen molar-refractivity contribution in [1.82, 2.24) is 10.5 Å². The molecule has 1 aromatic carbocycles. The molecule has 1 saturated carbocycles. The fourth-order valence-electron chi connectivity index (χ4n) is 2.44. The highest BCUT2D eigenvalue weighted by molar-refractivity contribution is 5.79. The van der Waals surface area contributed by atoms with Crippen LogP contribution in [0, 0.1) is 0 Å². The Labute approximate surface area is 94.8 Å². The van der Waals surface area contributed by atoms with Crippen molar-refractivity contribution in [3.05, 3.63) is 30.0 Å². The zero-order chi connectivity index (χ0) is 10.8. The summed E-state index contributed by atoms with van der Waals surface area (Å²) in [7, 11) is 0. The molecular weight excluding hydrogens is 200 g/mol. The van der Waals surface area contributed by atoms with E-state index in [4.69, 9.17) is 4.52 Å². The van der Waals surface area contributed by atoms with Crippen LogP contribution in [0.4, 0.5) is 0 Å². The summed E-state index contributed by atoms with van der Waals surface area (Å²) in [6.07, 6.45) is 5.32. The Balaban J connectivity index is 1.73. The van der Waals surface area contributed by atoms with Gasteiger partial charge in [-0.05, 0) is 25.0 Å². The highest BCUT2D eigenvalue weighted by atomic mass is 16.5. The van der Waals surface area contributed by atoms with Gasteiger partial charge in [0.15, 0.2) is 5.58 Å². The van der Waals surface area contributed by atoms with Crippen molar-refractivity contribution < 1.29 is 4.52 Å². The van der Waals surface area contributed by atoms with E-state index in [1.807, 2.05) is 18.2 Å². The number of rotatable bonds is 3. The van der Waals surface area contributed by atoms with Crippen molar-refractivity contribution in [3.8, 4) is 0 Å². The van der Waals surface area contributed by atoms with Gasteiger partial charge in [-0.3, -0.25) is 0 Å². The molecule has 1 N–H and O–H groups in total. The van der Waals surface area contributed by atoms with Crippen LogP contribution in [0.25, 0.3) is 11.0 Å². The molecule has 1 aliphatic carbocycles. The highest BCUT2D eigenvalue weighted by Gasteiger charge is 2.15.